The molecule has 1 aromatic carbocycles. The van der Waals surface area contributed by atoms with Gasteiger partial charge in [0.15, 0.2) is 0 Å². The lowest BCUT2D eigenvalue weighted by molar-refractivity contribution is 0.0742. The Bertz CT molecular complexity index is 1010. The standard InChI is InChI=1S/C20H21F2N3O2/c1-10(2)17-9-15(18-11(3)24-27-19(18)23-17)20(26)25(5)12(4)14-8-13(21)6-7-16(14)22/h6-10,12H,1-5H3. The van der Waals surface area contributed by atoms with Crippen molar-refractivity contribution in [2.75, 3.05) is 7.05 Å². The maximum atomic E-state index is 14.1. The Morgan fingerprint density at radius 3 is 2.56 bits per heavy atom. The van der Waals surface area contributed by atoms with Gasteiger partial charge in [0.05, 0.1) is 22.7 Å². The van der Waals surface area contributed by atoms with Crippen molar-refractivity contribution in [3.05, 3.63) is 58.4 Å². The molecule has 1 amide bonds. The van der Waals surface area contributed by atoms with Crippen LogP contribution in [-0.2, 0) is 0 Å². The van der Waals surface area contributed by atoms with Gasteiger partial charge in [-0.3, -0.25) is 4.79 Å². The summed E-state index contributed by atoms with van der Waals surface area (Å²) in [4.78, 5) is 19.0. The second-order valence-electron chi connectivity index (χ2n) is 6.96. The summed E-state index contributed by atoms with van der Waals surface area (Å²) in [6.45, 7) is 7.30. The van der Waals surface area contributed by atoms with E-state index in [1.165, 1.54) is 4.90 Å². The fourth-order valence-electron chi connectivity index (χ4n) is 2.99. The molecule has 7 heteroatoms. The third-order valence-electron chi connectivity index (χ3n) is 4.77. The minimum Gasteiger partial charge on any atom is -0.336 e. The van der Waals surface area contributed by atoms with Crippen LogP contribution in [0.4, 0.5) is 8.78 Å². The molecular formula is C20H21F2N3O2. The Balaban J connectivity index is 2.06. The van der Waals surface area contributed by atoms with Gasteiger partial charge in [-0.1, -0.05) is 19.0 Å². The van der Waals surface area contributed by atoms with Crippen molar-refractivity contribution >= 4 is 17.0 Å². The zero-order valence-corrected chi connectivity index (χ0v) is 15.9. The number of hydrogen-bond acceptors (Lipinski definition) is 4. The van der Waals surface area contributed by atoms with Crippen molar-refractivity contribution in [2.45, 2.75) is 39.7 Å². The second kappa shape index (κ2) is 7.06. The number of carbonyl (C=O) groups excluding carboxylic acids is 1. The Morgan fingerprint density at radius 2 is 1.89 bits per heavy atom. The molecular weight excluding hydrogens is 352 g/mol. The van der Waals surface area contributed by atoms with Gasteiger partial charge in [0.2, 0.25) is 0 Å². The molecule has 0 fully saturated rings. The Morgan fingerprint density at radius 1 is 1.19 bits per heavy atom. The number of aromatic nitrogens is 2. The zero-order valence-electron chi connectivity index (χ0n) is 15.9. The lowest BCUT2D eigenvalue weighted by Crippen LogP contribution is -2.30. The number of rotatable bonds is 4. The topological polar surface area (TPSA) is 59.2 Å². The summed E-state index contributed by atoms with van der Waals surface area (Å²) in [6, 6.07) is 4.26. The molecule has 0 aliphatic heterocycles. The number of hydrogen-bond donors (Lipinski definition) is 0. The number of nitrogens with zero attached hydrogens (tertiary/aromatic N) is 3. The highest BCUT2D eigenvalue weighted by molar-refractivity contribution is 6.06. The number of fused-ring (bicyclic) bond motifs is 1. The minimum atomic E-state index is -0.668. The molecule has 2 heterocycles. The third kappa shape index (κ3) is 3.41. The summed E-state index contributed by atoms with van der Waals surface area (Å²) in [6.07, 6.45) is 0. The van der Waals surface area contributed by atoms with Crippen LogP contribution >= 0.6 is 0 Å². The van der Waals surface area contributed by atoms with Crippen molar-refractivity contribution in [3.63, 3.8) is 0 Å². The van der Waals surface area contributed by atoms with Crippen LogP contribution in [0.5, 0.6) is 0 Å². The molecule has 2 aromatic heterocycles. The predicted molar refractivity (Wildman–Crippen MR) is 97.5 cm³/mol. The molecule has 3 rings (SSSR count). The lowest BCUT2D eigenvalue weighted by atomic mass is 10.0. The van der Waals surface area contributed by atoms with E-state index in [-0.39, 0.29) is 17.4 Å². The molecule has 0 saturated carbocycles. The Hall–Kier alpha value is -2.83. The van der Waals surface area contributed by atoms with E-state index in [2.05, 4.69) is 10.1 Å². The van der Waals surface area contributed by atoms with Crippen LogP contribution < -0.4 is 0 Å². The SMILES string of the molecule is Cc1noc2nc(C(C)C)cc(C(=O)N(C)C(C)c3cc(F)ccc3F)c12. The summed E-state index contributed by atoms with van der Waals surface area (Å²) in [7, 11) is 1.56. The average molecular weight is 373 g/mol. The van der Waals surface area contributed by atoms with Crippen LogP contribution in [0.1, 0.15) is 60.0 Å². The average Bonchev–Trinajstić information content (AvgIpc) is 3.02. The fourth-order valence-corrected chi connectivity index (χ4v) is 2.99. The summed E-state index contributed by atoms with van der Waals surface area (Å²) in [5.74, 6) is -1.38. The van der Waals surface area contributed by atoms with Crippen LogP contribution in [0.3, 0.4) is 0 Å². The molecule has 142 valence electrons. The van der Waals surface area contributed by atoms with E-state index in [1.807, 2.05) is 13.8 Å². The smallest absolute Gasteiger partial charge is 0.259 e. The van der Waals surface area contributed by atoms with Crippen molar-refractivity contribution in [1.82, 2.24) is 15.0 Å². The fraction of sp³-hybridized carbons (Fsp3) is 0.350. The van der Waals surface area contributed by atoms with E-state index >= 15 is 0 Å². The van der Waals surface area contributed by atoms with Gasteiger partial charge in [0, 0.05) is 18.3 Å². The van der Waals surface area contributed by atoms with Crippen molar-refractivity contribution < 1.29 is 18.1 Å². The second-order valence-corrected chi connectivity index (χ2v) is 6.96. The monoisotopic (exact) mass is 373 g/mol. The van der Waals surface area contributed by atoms with Gasteiger partial charge in [-0.15, -0.1) is 0 Å². The van der Waals surface area contributed by atoms with Gasteiger partial charge in [-0.05, 0) is 44.0 Å². The molecule has 5 nitrogen and oxygen atoms in total. The van der Waals surface area contributed by atoms with Crippen LogP contribution in [0, 0.1) is 18.6 Å². The Kier molecular flexibility index (Phi) is 4.95. The van der Waals surface area contributed by atoms with Crippen molar-refractivity contribution in [3.8, 4) is 0 Å². The van der Waals surface area contributed by atoms with Gasteiger partial charge in [0.25, 0.3) is 11.6 Å². The highest BCUT2D eigenvalue weighted by Gasteiger charge is 2.26. The number of amides is 1. The number of halogens is 2. The molecule has 3 aromatic rings. The number of pyridine rings is 1. The first-order valence-electron chi connectivity index (χ1n) is 8.69. The van der Waals surface area contributed by atoms with E-state index in [0.717, 1.165) is 18.2 Å². The first-order valence-corrected chi connectivity index (χ1v) is 8.69. The van der Waals surface area contributed by atoms with Crippen LogP contribution in [-0.4, -0.2) is 28.0 Å². The molecule has 1 unspecified atom stereocenters. The number of carbonyl (C=O) groups is 1. The van der Waals surface area contributed by atoms with Gasteiger partial charge < -0.3 is 9.42 Å². The summed E-state index contributed by atoms with van der Waals surface area (Å²) >= 11 is 0. The molecule has 27 heavy (non-hydrogen) atoms. The molecule has 0 radical (unpaired) electrons. The molecule has 0 aliphatic carbocycles. The number of aryl methyl sites for hydroxylation is 1. The van der Waals surface area contributed by atoms with Crippen molar-refractivity contribution in [2.24, 2.45) is 0 Å². The van der Waals surface area contributed by atoms with E-state index in [0.29, 0.717) is 28.1 Å². The molecule has 1 atom stereocenters. The van der Waals surface area contributed by atoms with Gasteiger partial charge in [-0.25, -0.2) is 13.8 Å². The highest BCUT2D eigenvalue weighted by atomic mass is 19.1. The maximum absolute atomic E-state index is 14.1. The molecule has 0 saturated heterocycles. The first-order chi connectivity index (χ1) is 12.7. The maximum Gasteiger partial charge on any atom is 0.259 e. The van der Waals surface area contributed by atoms with E-state index in [4.69, 9.17) is 4.52 Å². The molecule has 0 N–H and O–H groups in total. The lowest BCUT2D eigenvalue weighted by Gasteiger charge is -2.26. The Labute approximate surface area is 156 Å². The minimum absolute atomic E-state index is 0.0785. The van der Waals surface area contributed by atoms with Crippen LogP contribution in [0.15, 0.2) is 28.8 Å². The first kappa shape index (κ1) is 18.9. The zero-order chi connectivity index (χ0) is 19.9. The third-order valence-corrected chi connectivity index (χ3v) is 4.77. The molecule has 0 spiro atoms. The van der Waals surface area contributed by atoms with E-state index < -0.39 is 17.7 Å². The van der Waals surface area contributed by atoms with Gasteiger partial charge >= 0.3 is 0 Å². The molecule has 0 bridgehead atoms. The van der Waals surface area contributed by atoms with Crippen LogP contribution in [0.2, 0.25) is 0 Å². The quantitative estimate of drug-likeness (QED) is 0.661. The largest absolute Gasteiger partial charge is 0.336 e. The summed E-state index contributed by atoms with van der Waals surface area (Å²) in [5, 5.41) is 4.44. The molecule has 0 aliphatic rings. The van der Waals surface area contributed by atoms with Gasteiger partial charge in [0.1, 0.15) is 11.6 Å². The summed E-state index contributed by atoms with van der Waals surface area (Å²) in [5.41, 5.74) is 2.03. The van der Waals surface area contributed by atoms with E-state index in [1.54, 1.807) is 27.0 Å². The van der Waals surface area contributed by atoms with E-state index in [9.17, 15) is 13.6 Å². The van der Waals surface area contributed by atoms with Crippen molar-refractivity contribution in [1.29, 1.82) is 0 Å². The predicted octanol–water partition coefficient (Wildman–Crippen LogP) is 4.77. The highest BCUT2D eigenvalue weighted by Crippen LogP contribution is 2.29. The number of benzene rings is 1. The summed E-state index contributed by atoms with van der Waals surface area (Å²) < 4.78 is 32.9. The normalized spacial score (nSPS) is 12.6. The van der Waals surface area contributed by atoms with Crippen LogP contribution in [0.25, 0.3) is 11.1 Å². The van der Waals surface area contributed by atoms with Gasteiger partial charge in [-0.2, -0.15) is 0 Å².